The summed E-state index contributed by atoms with van der Waals surface area (Å²) < 4.78 is 0. The van der Waals surface area contributed by atoms with Crippen LogP contribution in [-0.4, -0.2) is 22.8 Å². The SMILES string of the molecule is O=C(Cc1csc(-c2ccsc2)n1)Nc1ccccc1C(=O)NC1CCCC1. The van der Waals surface area contributed by atoms with E-state index in [9.17, 15) is 9.59 Å². The summed E-state index contributed by atoms with van der Waals surface area (Å²) in [6.45, 7) is 0. The molecular formula is C21H21N3O2S2. The smallest absolute Gasteiger partial charge is 0.253 e. The third-order valence-corrected chi connectivity index (χ3v) is 6.42. The highest BCUT2D eigenvalue weighted by atomic mass is 32.1. The summed E-state index contributed by atoms with van der Waals surface area (Å²) in [5.41, 5.74) is 2.85. The van der Waals surface area contributed by atoms with Crippen molar-refractivity contribution in [3.05, 3.63) is 57.7 Å². The molecule has 1 aliphatic carbocycles. The minimum atomic E-state index is -0.178. The van der Waals surface area contributed by atoms with E-state index >= 15 is 0 Å². The standard InChI is InChI=1S/C21H21N3O2S2/c25-19(11-16-13-28-21(23-16)14-9-10-27-12-14)24-18-8-4-3-7-17(18)20(26)22-15-5-1-2-6-15/h3-4,7-10,12-13,15H,1-2,5-6,11H2,(H,22,26)(H,24,25). The fourth-order valence-electron chi connectivity index (χ4n) is 3.39. The van der Waals surface area contributed by atoms with E-state index in [-0.39, 0.29) is 24.3 Å². The van der Waals surface area contributed by atoms with Crippen molar-refractivity contribution in [3.63, 3.8) is 0 Å². The molecule has 2 N–H and O–H groups in total. The number of hydrogen-bond acceptors (Lipinski definition) is 5. The molecule has 1 fully saturated rings. The Morgan fingerprint density at radius 1 is 1.11 bits per heavy atom. The van der Waals surface area contributed by atoms with Gasteiger partial charge < -0.3 is 10.6 Å². The molecule has 144 valence electrons. The zero-order valence-corrected chi connectivity index (χ0v) is 16.9. The molecule has 0 aliphatic heterocycles. The molecule has 2 heterocycles. The maximum Gasteiger partial charge on any atom is 0.253 e. The van der Waals surface area contributed by atoms with Crippen molar-refractivity contribution in [3.8, 4) is 10.6 Å². The van der Waals surface area contributed by atoms with E-state index in [0.717, 1.165) is 41.9 Å². The topological polar surface area (TPSA) is 71.1 Å². The predicted octanol–water partition coefficient (Wildman–Crippen LogP) is 4.73. The molecular weight excluding hydrogens is 390 g/mol. The normalized spacial score (nSPS) is 14.1. The number of carbonyl (C=O) groups is 2. The Bertz CT molecular complexity index is 960. The number of amides is 2. The van der Waals surface area contributed by atoms with Gasteiger partial charge in [0.25, 0.3) is 5.91 Å². The number of thiazole rings is 1. The second-order valence-corrected chi connectivity index (χ2v) is 8.52. The van der Waals surface area contributed by atoms with E-state index in [4.69, 9.17) is 0 Å². The molecule has 0 saturated heterocycles. The van der Waals surface area contributed by atoms with E-state index in [1.54, 1.807) is 23.5 Å². The number of nitrogens with one attached hydrogen (secondary N) is 2. The molecule has 1 saturated carbocycles. The summed E-state index contributed by atoms with van der Waals surface area (Å²) in [5, 5.41) is 12.8. The van der Waals surface area contributed by atoms with E-state index in [1.165, 1.54) is 11.3 Å². The average molecular weight is 412 g/mol. The number of rotatable bonds is 6. The fraction of sp³-hybridized carbons (Fsp3) is 0.286. The fourth-order valence-corrected chi connectivity index (χ4v) is 4.92. The minimum absolute atomic E-state index is 0.129. The van der Waals surface area contributed by atoms with Gasteiger partial charge >= 0.3 is 0 Å². The highest BCUT2D eigenvalue weighted by Crippen LogP contribution is 2.26. The van der Waals surface area contributed by atoms with Crippen molar-refractivity contribution in [1.82, 2.24) is 10.3 Å². The molecule has 0 spiro atoms. The Hall–Kier alpha value is -2.51. The first-order valence-electron chi connectivity index (χ1n) is 9.36. The number of hydrogen-bond donors (Lipinski definition) is 2. The predicted molar refractivity (Wildman–Crippen MR) is 114 cm³/mol. The van der Waals surface area contributed by atoms with Crippen LogP contribution in [0.2, 0.25) is 0 Å². The lowest BCUT2D eigenvalue weighted by atomic mass is 10.1. The van der Waals surface area contributed by atoms with Crippen LogP contribution in [0.3, 0.4) is 0 Å². The Kier molecular flexibility index (Phi) is 5.83. The zero-order chi connectivity index (χ0) is 19.3. The van der Waals surface area contributed by atoms with Crippen molar-refractivity contribution in [2.45, 2.75) is 38.1 Å². The average Bonchev–Trinajstić information content (AvgIpc) is 3.44. The monoisotopic (exact) mass is 411 g/mol. The third-order valence-electron chi connectivity index (χ3n) is 4.80. The lowest BCUT2D eigenvalue weighted by molar-refractivity contribution is -0.115. The third kappa shape index (κ3) is 4.48. The quantitative estimate of drug-likeness (QED) is 0.616. The maximum absolute atomic E-state index is 12.6. The molecule has 3 aromatic rings. The van der Waals surface area contributed by atoms with Gasteiger partial charge in [0.1, 0.15) is 5.01 Å². The summed E-state index contributed by atoms with van der Waals surface area (Å²) in [4.78, 5) is 29.7. The molecule has 4 rings (SSSR count). The Morgan fingerprint density at radius 3 is 2.71 bits per heavy atom. The second-order valence-electron chi connectivity index (χ2n) is 6.88. The van der Waals surface area contributed by atoms with Gasteiger partial charge in [-0.1, -0.05) is 25.0 Å². The number of para-hydroxylation sites is 1. The van der Waals surface area contributed by atoms with E-state index in [2.05, 4.69) is 15.6 Å². The van der Waals surface area contributed by atoms with Gasteiger partial charge in [-0.3, -0.25) is 9.59 Å². The van der Waals surface area contributed by atoms with E-state index in [0.29, 0.717) is 11.3 Å². The van der Waals surface area contributed by atoms with Gasteiger partial charge in [0, 0.05) is 22.4 Å². The molecule has 0 unspecified atom stereocenters. The number of nitrogens with zero attached hydrogens (tertiary/aromatic N) is 1. The Labute approximate surface area is 171 Å². The van der Waals surface area contributed by atoms with Crippen LogP contribution in [0.1, 0.15) is 41.7 Å². The van der Waals surface area contributed by atoms with Crippen molar-refractivity contribution >= 4 is 40.2 Å². The summed E-state index contributed by atoms with van der Waals surface area (Å²) in [6.07, 6.45) is 4.54. The first kappa shape index (κ1) is 18.8. The van der Waals surface area contributed by atoms with Crippen LogP contribution in [0.4, 0.5) is 5.69 Å². The van der Waals surface area contributed by atoms with E-state index in [1.807, 2.05) is 34.3 Å². The van der Waals surface area contributed by atoms with Crippen LogP contribution in [0.5, 0.6) is 0 Å². The lowest BCUT2D eigenvalue weighted by Crippen LogP contribution is -2.33. The largest absolute Gasteiger partial charge is 0.349 e. The second kappa shape index (κ2) is 8.67. The van der Waals surface area contributed by atoms with Gasteiger partial charge in [-0.15, -0.1) is 11.3 Å². The molecule has 7 heteroatoms. The van der Waals surface area contributed by atoms with Crippen LogP contribution in [0.15, 0.2) is 46.5 Å². The van der Waals surface area contributed by atoms with Gasteiger partial charge in [-0.2, -0.15) is 11.3 Å². The summed E-state index contributed by atoms with van der Waals surface area (Å²) in [7, 11) is 0. The number of carbonyl (C=O) groups excluding carboxylic acids is 2. The molecule has 2 aromatic heterocycles. The van der Waals surface area contributed by atoms with Crippen molar-refractivity contribution in [2.75, 3.05) is 5.32 Å². The number of anilines is 1. The molecule has 5 nitrogen and oxygen atoms in total. The maximum atomic E-state index is 12.6. The van der Waals surface area contributed by atoms with Gasteiger partial charge in [0.15, 0.2) is 0 Å². The van der Waals surface area contributed by atoms with Crippen molar-refractivity contribution in [2.24, 2.45) is 0 Å². The van der Waals surface area contributed by atoms with Crippen molar-refractivity contribution < 1.29 is 9.59 Å². The first-order valence-corrected chi connectivity index (χ1v) is 11.2. The molecule has 0 atom stereocenters. The first-order chi connectivity index (χ1) is 13.7. The molecule has 2 amide bonds. The van der Waals surface area contributed by atoms with Crippen LogP contribution in [0, 0.1) is 0 Å². The molecule has 28 heavy (non-hydrogen) atoms. The number of aromatic nitrogens is 1. The van der Waals surface area contributed by atoms with Gasteiger partial charge in [0.2, 0.25) is 5.91 Å². The van der Waals surface area contributed by atoms with Gasteiger partial charge in [-0.25, -0.2) is 4.98 Å². The van der Waals surface area contributed by atoms with Crippen LogP contribution >= 0.6 is 22.7 Å². The highest BCUT2D eigenvalue weighted by molar-refractivity contribution is 7.14. The number of benzene rings is 1. The molecule has 1 aliphatic rings. The van der Waals surface area contributed by atoms with Crippen LogP contribution in [-0.2, 0) is 11.2 Å². The summed E-state index contributed by atoms with van der Waals surface area (Å²) in [6, 6.07) is 9.40. The van der Waals surface area contributed by atoms with Gasteiger partial charge in [-0.05, 0) is 36.4 Å². The summed E-state index contributed by atoms with van der Waals surface area (Å²) >= 11 is 3.16. The molecule has 1 aromatic carbocycles. The van der Waals surface area contributed by atoms with Gasteiger partial charge in [0.05, 0.1) is 23.4 Å². The van der Waals surface area contributed by atoms with Crippen LogP contribution in [0.25, 0.3) is 10.6 Å². The summed E-state index contributed by atoms with van der Waals surface area (Å²) in [5.74, 6) is -0.306. The number of thiophene rings is 1. The zero-order valence-electron chi connectivity index (χ0n) is 15.3. The Balaban J connectivity index is 1.41. The molecule has 0 radical (unpaired) electrons. The minimum Gasteiger partial charge on any atom is -0.349 e. The van der Waals surface area contributed by atoms with E-state index < -0.39 is 0 Å². The van der Waals surface area contributed by atoms with Crippen LogP contribution < -0.4 is 10.6 Å². The molecule has 0 bridgehead atoms. The Morgan fingerprint density at radius 2 is 1.93 bits per heavy atom. The highest BCUT2D eigenvalue weighted by Gasteiger charge is 2.20. The lowest BCUT2D eigenvalue weighted by Gasteiger charge is -2.14. The van der Waals surface area contributed by atoms with Crippen molar-refractivity contribution in [1.29, 1.82) is 0 Å².